The average Bonchev–Trinajstić information content (AvgIpc) is 2.96. The molecule has 8 nitrogen and oxygen atoms in total. The van der Waals surface area contributed by atoms with E-state index in [0.29, 0.717) is 11.3 Å². The lowest BCUT2D eigenvalue weighted by atomic mass is 10.1. The number of hydrogen-bond donors (Lipinski definition) is 1. The zero-order valence-corrected chi connectivity index (χ0v) is 16.1. The van der Waals surface area contributed by atoms with Crippen LogP contribution in [0.15, 0.2) is 42.5 Å². The first-order valence-corrected chi connectivity index (χ1v) is 9.62. The Hall–Kier alpha value is -3.55. The van der Waals surface area contributed by atoms with Crippen LogP contribution in [0.5, 0.6) is 0 Å². The van der Waals surface area contributed by atoms with Gasteiger partial charge < -0.3 is 9.88 Å². The van der Waals surface area contributed by atoms with Gasteiger partial charge in [0.2, 0.25) is 0 Å². The molecule has 1 N–H and O–H groups in total. The second-order valence-electron chi connectivity index (χ2n) is 7.20. The number of carbonyl (C=O) groups is 1. The second-order valence-corrected chi connectivity index (χ2v) is 7.20. The largest absolute Gasteiger partial charge is 0.322 e. The normalized spacial score (nSPS) is 13.4. The third kappa shape index (κ3) is 3.87. The maximum Gasteiger partial charge on any atom is 0.273 e. The summed E-state index contributed by atoms with van der Waals surface area (Å²) < 4.78 is 2.15. The highest BCUT2D eigenvalue weighted by molar-refractivity contribution is 6.05. The molecule has 148 valence electrons. The number of carbonyl (C=O) groups excluding carboxylic acids is 1. The summed E-state index contributed by atoms with van der Waals surface area (Å²) in [5, 5.41) is 22.6. The third-order valence-electron chi connectivity index (χ3n) is 5.16. The van der Waals surface area contributed by atoms with Crippen LogP contribution in [0.25, 0.3) is 11.4 Å². The van der Waals surface area contributed by atoms with Gasteiger partial charge in [0.1, 0.15) is 5.82 Å². The summed E-state index contributed by atoms with van der Waals surface area (Å²) in [6.07, 6.45) is 4.33. The molecular weight excluding hydrogens is 370 g/mol. The van der Waals surface area contributed by atoms with Crippen molar-refractivity contribution in [1.29, 1.82) is 0 Å². The van der Waals surface area contributed by atoms with Gasteiger partial charge in [0.05, 0.1) is 4.92 Å². The van der Waals surface area contributed by atoms with E-state index in [1.807, 2.05) is 18.2 Å². The second kappa shape index (κ2) is 7.83. The van der Waals surface area contributed by atoms with Crippen molar-refractivity contribution < 1.29 is 9.72 Å². The van der Waals surface area contributed by atoms with E-state index in [1.54, 1.807) is 25.1 Å². The zero-order chi connectivity index (χ0) is 20.4. The Bertz CT molecular complexity index is 1090. The van der Waals surface area contributed by atoms with Crippen molar-refractivity contribution in [3.63, 3.8) is 0 Å². The van der Waals surface area contributed by atoms with E-state index >= 15 is 0 Å². The molecule has 0 aliphatic carbocycles. The van der Waals surface area contributed by atoms with Crippen molar-refractivity contribution in [3.8, 4) is 11.4 Å². The van der Waals surface area contributed by atoms with Crippen molar-refractivity contribution in [2.45, 2.75) is 39.2 Å². The molecule has 0 saturated carbocycles. The minimum absolute atomic E-state index is 0.0717. The van der Waals surface area contributed by atoms with Gasteiger partial charge in [-0.1, -0.05) is 24.6 Å². The number of nitrogens with zero attached hydrogens (tertiary/aromatic N) is 4. The SMILES string of the molecule is Cc1ccc(C(=O)Nc2cccc(-c3nnc4n3CCCCC4)c2)cc1[N+](=O)[O-]. The highest BCUT2D eigenvalue weighted by Gasteiger charge is 2.18. The first kappa shape index (κ1) is 18.8. The van der Waals surface area contributed by atoms with Gasteiger partial charge in [0, 0.05) is 41.4 Å². The summed E-state index contributed by atoms with van der Waals surface area (Å²) in [7, 11) is 0. The fourth-order valence-corrected chi connectivity index (χ4v) is 3.59. The molecule has 2 aromatic carbocycles. The molecule has 4 rings (SSSR count). The molecule has 3 aromatic rings. The topological polar surface area (TPSA) is 103 Å². The Labute approximate surface area is 167 Å². The van der Waals surface area contributed by atoms with E-state index in [2.05, 4.69) is 20.1 Å². The van der Waals surface area contributed by atoms with Crippen LogP contribution in [0.3, 0.4) is 0 Å². The molecule has 0 saturated heterocycles. The van der Waals surface area contributed by atoms with E-state index in [4.69, 9.17) is 0 Å². The predicted octanol–water partition coefficient (Wildman–Crippen LogP) is 4.14. The summed E-state index contributed by atoms with van der Waals surface area (Å²) in [6, 6.07) is 11.9. The lowest BCUT2D eigenvalue weighted by molar-refractivity contribution is -0.385. The van der Waals surface area contributed by atoms with E-state index in [0.717, 1.165) is 43.0 Å². The number of benzene rings is 2. The van der Waals surface area contributed by atoms with Crippen molar-refractivity contribution in [2.75, 3.05) is 5.32 Å². The van der Waals surface area contributed by atoms with Crippen molar-refractivity contribution in [1.82, 2.24) is 14.8 Å². The quantitative estimate of drug-likeness (QED) is 0.532. The smallest absolute Gasteiger partial charge is 0.273 e. The Balaban J connectivity index is 1.59. The van der Waals surface area contributed by atoms with Crippen molar-refractivity contribution in [3.05, 3.63) is 69.5 Å². The molecule has 2 heterocycles. The molecule has 0 spiro atoms. The van der Waals surface area contributed by atoms with Gasteiger partial charge >= 0.3 is 0 Å². The zero-order valence-electron chi connectivity index (χ0n) is 16.1. The van der Waals surface area contributed by atoms with Crippen LogP contribution in [0, 0.1) is 17.0 Å². The van der Waals surface area contributed by atoms with E-state index < -0.39 is 10.8 Å². The van der Waals surface area contributed by atoms with Crippen LogP contribution in [-0.2, 0) is 13.0 Å². The molecule has 1 aromatic heterocycles. The molecule has 0 fully saturated rings. The number of rotatable bonds is 4. The number of anilines is 1. The van der Waals surface area contributed by atoms with Gasteiger partial charge in [-0.05, 0) is 38.0 Å². The fourth-order valence-electron chi connectivity index (χ4n) is 3.59. The third-order valence-corrected chi connectivity index (χ3v) is 5.16. The summed E-state index contributed by atoms with van der Waals surface area (Å²) >= 11 is 0. The molecule has 1 amide bonds. The van der Waals surface area contributed by atoms with Crippen LogP contribution in [0.1, 0.15) is 41.0 Å². The van der Waals surface area contributed by atoms with E-state index in [9.17, 15) is 14.9 Å². The predicted molar refractivity (Wildman–Crippen MR) is 109 cm³/mol. The minimum atomic E-state index is -0.482. The number of nitro benzene ring substituents is 1. The van der Waals surface area contributed by atoms with Crippen LogP contribution >= 0.6 is 0 Å². The van der Waals surface area contributed by atoms with Crippen LogP contribution in [0.4, 0.5) is 11.4 Å². The van der Waals surface area contributed by atoms with Gasteiger partial charge in [-0.15, -0.1) is 10.2 Å². The molecule has 0 bridgehead atoms. The Morgan fingerprint density at radius 1 is 1.14 bits per heavy atom. The molecule has 0 atom stereocenters. The highest BCUT2D eigenvalue weighted by Crippen LogP contribution is 2.25. The van der Waals surface area contributed by atoms with Gasteiger partial charge in [-0.3, -0.25) is 14.9 Å². The number of nitrogens with one attached hydrogen (secondary N) is 1. The highest BCUT2D eigenvalue weighted by atomic mass is 16.6. The van der Waals surface area contributed by atoms with Gasteiger partial charge in [-0.2, -0.15) is 0 Å². The lowest BCUT2D eigenvalue weighted by Gasteiger charge is -2.10. The molecular formula is C21H21N5O3. The molecule has 0 unspecified atom stereocenters. The minimum Gasteiger partial charge on any atom is -0.322 e. The standard InChI is InChI=1S/C21H21N5O3/c1-14-9-10-16(13-18(14)26(28)29)21(27)22-17-7-5-6-15(12-17)20-24-23-19-8-3-2-4-11-25(19)20/h5-7,9-10,12-13H,2-4,8,11H2,1H3,(H,22,27). The van der Waals surface area contributed by atoms with Crippen molar-refractivity contribution in [2.24, 2.45) is 0 Å². The maximum atomic E-state index is 12.6. The van der Waals surface area contributed by atoms with Crippen LogP contribution in [0.2, 0.25) is 0 Å². The van der Waals surface area contributed by atoms with Gasteiger partial charge in [0.15, 0.2) is 5.82 Å². The average molecular weight is 391 g/mol. The Kier molecular flexibility index (Phi) is 5.07. The summed E-state index contributed by atoms with van der Waals surface area (Å²) in [4.78, 5) is 23.3. The lowest BCUT2D eigenvalue weighted by Crippen LogP contribution is -2.12. The number of amides is 1. The van der Waals surface area contributed by atoms with E-state index in [-0.39, 0.29) is 11.3 Å². The van der Waals surface area contributed by atoms with Crippen molar-refractivity contribution >= 4 is 17.3 Å². The van der Waals surface area contributed by atoms with Gasteiger partial charge in [0.25, 0.3) is 11.6 Å². The number of aromatic nitrogens is 3. The summed E-state index contributed by atoms with van der Waals surface area (Å²) in [5.74, 6) is 1.40. The first-order chi connectivity index (χ1) is 14.0. The first-order valence-electron chi connectivity index (χ1n) is 9.62. The summed E-state index contributed by atoms with van der Waals surface area (Å²) in [6.45, 7) is 2.53. The maximum absolute atomic E-state index is 12.6. The van der Waals surface area contributed by atoms with Crippen LogP contribution < -0.4 is 5.32 Å². The Morgan fingerprint density at radius 3 is 2.83 bits per heavy atom. The molecule has 0 radical (unpaired) electrons. The monoisotopic (exact) mass is 391 g/mol. The number of nitro groups is 1. The molecule has 29 heavy (non-hydrogen) atoms. The number of aryl methyl sites for hydroxylation is 2. The molecule has 8 heteroatoms. The number of hydrogen-bond acceptors (Lipinski definition) is 5. The number of fused-ring (bicyclic) bond motifs is 1. The molecule has 1 aliphatic heterocycles. The van der Waals surface area contributed by atoms with Gasteiger partial charge in [-0.25, -0.2) is 0 Å². The molecule has 1 aliphatic rings. The summed E-state index contributed by atoms with van der Waals surface area (Å²) in [5.41, 5.74) is 2.16. The Morgan fingerprint density at radius 2 is 2.00 bits per heavy atom. The fraction of sp³-hybridized carbons (Fsp3) is 0.286. The van der Waals surface area contributed by atoms with Crippen LogP contribution in [-0.4, -0.2) is 25.6 Å². The van der Waals surface area contributed by atoms with E-state index in [1.165, 1.54) is 12.5 Å².